The largest absolute Gasteiger partial charge is 0.513 e. The van der Waals surface area contributed by atoms with Crippen molar-refractivity contribution in [1.82, 2.24) is 4.31 Å². The molecule has 0 radical (unpaired) electrons. The average molecular weight is 470 g/mol. The lowest BCUT2D eigenvalue weighted by Gasteiger charge is -2.24. The van der Waals surface area contributed by atoms with Crippen LogP contribution in [0.1, 0.15) is 44.1 Å². The minimum absolute atomic E-state index is 0.0212. The maximum absolute atomic E-state index is 13.4. The molecule has 2 aromatic carbocycles. The number of fused-ring (bicyclic) bond motifs is 1. The lowest BCUT2D eigenvalue weighted by molar-refractivity contribution is 0.0866. The van der Waals surface area contributed by atoms with Gasteiger partial charge in [0.2, 0.25) is 10.0 Å². The number of hydrogen-bond acceptors (Lipinski definition) is 5. The van der Waals surface area contributed by atoms with Gasteiger partial charge in [0, 0.05) is 18.5 Å². The molecule has 2 aromatic rings. The third-order valence-corrected chi connectivity index (χ3v) is 8.30. The van der Waals surface area contributed by atoms with Gasteiger partial charge >= 0.3 is 6.16 Å². The summed E-state index contributed by atoms with van der Waals surface area (Å²) in [5, 5.41) is 0. The van der Waals surface area contributed by atoms with Crippen LogP contribution in [0.4, 0.5) is 4.79 Å². The van der Waals surface area contributed by atoms with Gasteiger partial charge in [-0.25, -0.2) is 13.2 Å². The van der Waals surface area contributed by atoms with Crippen LogP contribution in [0.3, 0.4) is 0 Å². The Hall–Kier alpha value is -2.64. The predicted octanol–water partition coefficient (Wildman–Crippen LogP) is 5.48. The Balaban J connectivity index is 1.48. The first-order valence-corrected chi connectivity index (χ1v) is 13.1. The van der Waals surface area contributed by atoms with E-state index in [-0.39, 0.29) is 18.6 Å². The van der Waals surface area contributed by atoms with Crippen molar-refractivity contribution in [3.63, 3.8) is 0 Å². The van der Waals surface area contributed by atoms with E-state index in [1.807, 2.05) is 25.1 Å². The van der Waals surface area contributed by atoms with E-state index >= 15 is 0 Å². The van der Waals surface area contributed by atoms with Gasteiger partial charge in [-0.3, -0.25) is 0 Å². The van der Waals surface area contributed by atoms with Crippen molar-refractivity contribution in [1.29, 1.82) is 0 Å². The minimum Gasteiger partial charge on any atom is -0.433 e. The average Bonchev–Trinajstić information content (AvgIpc) is 3.23. The number of benzene rings is 2. The maximum atomic E-state index is 13.4. The molecule has 2 bridgehead atoms. The fourth-order valence-electron chi connectivity index (χ4n) is 4.54. The third kappa shape index (κ3) is 5.84. The molecule has 6 nitrogen and oxygen atoms in total. The zero-order valence-corrected chi connectivity index (χ0v) is 19.8. The molecule has 0 spiro atoms. The molecule has 0 saturated carbocycles. The first-order valence-electron chi connectivity index (χ1n) is 11.6. The molecule has 33 heavy (non-hydrogen) atoms. The summed E-state index contributed by atoms with van der Waals surface area (Å²) in [7, 11) is -3.61. The van der Waals surface area contributed by atoms with Gasteiger partial charge in [0.25, 0.3) is 0 Å². The second-order valence-electron chi connectivity index (χ2n) is 8.84. The summed E-state index contributed by atoms with van der Waals surface area (Å²) in [5.74, 6) is 0.413. The van der Waals surface area contributed by atoms with Crippen molar-refractivity contribution in [3.8, 4) is 5.75 Å². The molecule has 0 fully saturated rings. The SMILES string of the molecule is Cc1ccc(S(=O)(=O)N2CC3=CC2CCCCCCC3COC(=O)Oc2ccccc2)cc1. The van der Waals surface area contributed by atoms with Gasteiger partial charge in [-0.2, -0.15) is 4.31 Å². The van der Waals surface area contributed by atoms with Gasteiger partial charge in [0.1, 0.15) is 12.4 Å². The van der Waals surface area contributed by atoms with Crippen LogP contribution < -0.4 is 4.74 Å². The number of sulfonamides is 1. The summed E-state index contributed by atoms with van der Waals surface area (Å²) in [4.78, 5) is 12.5. The molecule has 0 N–H and O–H groups in total. The monoisotopic (exact) mass is 469 g/mol. The Morgan fingerprint density at radius 2 is 1.67 bits per heavy atom. The highest BCUT2D eigenvalue weighted by atomic mass is 32.2. The zero-order valence-electron chi connectivity index (χ0n) is 19.0. The molecule has 2 atom stereocenters. The quantitative estimate of drug-likeness (QED) is 0.329. The van der Waals surface area contributed by atoms with E-state index in [1.165, 1.54) is 0 Å². The fourth-order valence-corrected chi connectivity index (χ4v) is 6.13. The molecule has 0 saturated heterocycles. The van der Waals surface area contributed by atoms with Crippen molar-refractivity contribution >= 4 is 16.2 Å². The Bertz CT molecular complexity index is 1080. The van der Waals surface area contributed by atoms with Crippen molar-refractivity contribution in [2.75, 3.05) is 13.2 Å². The molecule has 1 aliphatic carbocycles. The Morgan fingerprint density at radius 3 is 2.39 bits per heavy atom. The van der Waals surface area contributed by atoms with E-state index in [0.717, 1.165) is 49.7 Å². The van der Waals surface area contributed by atoms with Crippen molar-refractivity contribution in [3.05, 3.63) is 71.8 Å². The molecule has 2 aliphatic rings. The maximum Gasteiger partial charge on any atom is 0.513 e. The minimum atomic E-state index is -3.61. The molecule has 2 unspecified atom stereocenters. The molecule has 0 amide bonds. The van der Waals surface area contributed by atoms with E-state index in [4.69, 9.17) is 9.47 Å². The number of carbonyl (C=O) groups excluding carboxylic acids is 1. The van der Waals surface area contributed by atoms with E-state index in [0.29, 0.717) is 17.2 Å². The summed E-state index contributed by atoms with van der Waals surface area (Å²) in [6.45, 7) is 2.46. The molecule has 4 rings (SSSR count). The topological polar surface area (TPSA) is 72.9 Å². The summed E-state index contributed by atoms with van der Waals surface area (Å²) >= 11 is 0. The molecular formula is C26H31NO5S. The van der Waals surface area contributed by atoms with Crippen molar-refractivity contribution in [2.45, 2.75) is 56.4 Å². The van der Waals surface area contributed by atoms with Gasteiger partial charge < -0.3 is 9.47 Å². The second kappa shape index (κ2) is 10.5. The zero-order chi connectivity index (χ0) is 23.3. The van der Waals surface area contributed by atoms with Crippen LogP contribution in [-0.2, 0) is 14.8 Å². The normalized spacial score (nSPS) is 21.8. The molecular weight excluding hydrogens is 438 g/mol. The van der Waals surface area contributed by atoms with Crippen LogP contribution in [0.25, 0.3) is 0 Å². The number of para-hydroxylation sites is 1. The first-order chi connectivity index (χ1) is 15.9. The number of rotatable bonds is 5. The lowest BCUT2D eigenvalue weighted by atomic mass is 9.92. The fraction of sp³-hybridized carbons (Fsp3) is 0.423. The standard InChI is InChI=1S/C26H31NO5S/c1-20-13-15-25(16-14-20)33(29,30)27-18-22-17-23(27)10-6-3-2-5-9-21(22)19-31-26(28)32-24-11-7-4-8-12-24/h4,7-8,11-17,21,23H,2-3,5-6,9-10,18-19H2,1H3. The second-order valence-corrected chi connectivity index (χ2v) is 10.7. The van der Waals surface area contributed by atoms with Gasteiger partial charge in [-0.1, -0.05) is 73.2 Å². The van der Waals surface area contributed by atoms with Crippen molar-refractivity contribution < 1.29 is 22.7 Å². The van der Waals surface area contributed by atoms with Crippen LogP contribution >= 0.6 is 0 Å². The smallest absolute Gasteiger partial charge is 0.433 e. The molecule has 0 aromatic heterocycles. The lowest BCUT2D eigenvalue weighted by Crippen LogP contribution is -2.36. The highest BCUT2D eigenvalue weighted by Crippen LogP contribution is 2.34. The number of nitrogens with zero attached hydrogens (tertiary/aromatic N) is 1. The van der Waals surface area contributed by atoms with Crippen LogP contribution in [0.5, 0.6) is 5.75 Å². The first kappa shape index (κ1) is 23.5. The Morgan fingerprint density at radius 1 is 0.970 bits per heavy atom. The summed E-state index contributed by atoms with van der Waals surface area (Å²) in [5.41, 5.74) is 2.06. The number of hydrogen-bond donors (Lipinski definition) is 0. The molecule has 1 aliphatic heterocycles. The van der Waals surface area contributed by atoms with Crippen LogP contribution in [0, 0.1) is 12.8 Å². The third-order valence-electron chi connectivity index (χ3n) is 6.42. The summed E-state index contributed by atoms with van der Waals surface area (Å²) in [6.07, 6.45) is 7.20. The van der Waals surface area contributed by atoms with Gasteiger partial charge in [-0.15, -0.1) is 0 Å². The van der Waals surface area contributed by atoms with Gasteiger partial charge in [0.05, 0.1) is 4.90 Å². The molecule has 1 heterocycles. The number of carbonyl (C=O) groups is 1. The Labute approximate surface area is 196 Å². The molecule has 7 heteroatoms. The number of aryl methyl sites for hydroxylation is 1. The highest BCUT2D eigenvalue weighted by Gasteiger charge is 2.37. The van der Waals surface area contributed by atoms with Crippen LogP contribution in [0.15, 0.2) is 71.1 Å². The predicted molar refractivity (Wildman–Crippen MR) is 127 cm³/mol. The van der Waals surface area contributed by atoms with E-state index in [9.17, 15) is 13.2 Å². The van der Waals surface area contributed by atoms with Crippen molar-refractivity contribution in [2.24, 2.45) is 5.92 Å². The van der Waals surface area contributed by atoms with E-state index < -0.39 is 16.2 Å². The van der Waals surface area contributed by atoms with Gasteiger partial charge in [-0.05, 0) is 44.0 Å². The Kier molecular flexibility index (Phi) is 7.50. The summed E-state index contributed by atoms with van der Waals surface area (Å²) < 4.78 is 39.2. The van der Waals surface area contributed by atoms with E-state index in [1.54, 1.807) is 40.7 Å². The van der Waals surface area contributed by atoms with Crippen LogP contribution in [0.2, 0.25) is 0 Å². The molecule has 176 valence electrons. The van der Waals surface area contributed by atoms with Crippen LogP contribution in [-0.4, -0.2) is 38.1 Å². The van der Waals surface area contributed by atoms with E-state index in [2.05, 4.69) is 6.08 Å². The highest BCUT2D eigenvalue weighted by molar-refractivity contribution is 7.89. The number of ether oxygens (including phenoxy) is 2. The van der Waals surface area contributed by atoms with Gasteiger partial charge in [0.15, 0.2) is 0 Å². The summed E-state index contributed by atoms with van der Waals surface area (Å²) in [6, 6.07) is 15.7.